The van der Waals surface area contributed by atoms with Gasteiger partial charge in [-0.05, 0) is 24.1 Å². The minimum atomic E-state index is 0.267. The predicted octanol–water partition coefficient (Wildman–Crippen LogP) is 4.12. The zero-order valence-corrected chi connectivity index (χ0v) is 12.3. The van der Waals surface area contributed by atoms with Gasteiger partial charge in [-0.25, -0.2) is 0 Å². The smallest absolute Gasteiger partial charge is 0.0461 e. The van der Waals surface area contributed by atoms with Gasteiger partial charge < -0.3 is 0 Å². The Morgan fingerprint density at radius 1 is 1.00 bits per heavy atom. The van der Waals surface area contributed by atoms with E-state index in [1.165, 1.54) is 56.9 Å². The van der Waals surface area contributed by atoms with Gasteiger partial charge >= 0.3 is 0 Å². The molecule has 19 heavy (non-hydrogen) atoms. The van der Waals surface area contributed by atoms with Crippen LogP contribution in [0, 0.1) is 0 Å². The van der Waals surface area contributed by atoms with Crippen LogP contribution in [0.4, 0.5) is 0 Å². The van der Waals surface area contributed by atoms with Crippen LogP contribution in [0.2, 0.25) is 0 Å². The maximum atomic E-state index is 5.63. The van der Waals surface area contributed by atoms with E-state index in [9.17, 15) is 0 Å². The molecule has 3 N–H and O–H groups in total. The first-order valence-electron chi connectivity index (χ1n) is 7.74. The van der Waals surface area contributed by atoms with Crippen molar-refractivity contribution in [3.8, 4) is 0 Å². The average molecular weight is 263 g/mol. The number of rotatable bonds is 11. The van der Waals surface area contributed by atoms with Crippen molar-refractivity contribution in [2.75, 3.05) is 0 Å². The molecule has 0 aliphatic carbocycles. The lowest BCUT2D eigenvalue weighted by Crippen LogP contribution is -2.27. The van der Waals surface area contributed by atoms with E-state index >= 15 is 0 Å². The Kier molecular flexibility index (Phi) is 9.29. The molecule has 0 bridgehead atoms. The lowest BCUT2D eigenvalue weighted by Gasteiger charge is -2.15. The summed E-state index contributed by atoms with van der Waals surface area (Å²) in [6.07, 6.45) is 15.6. The summed E-state index contributed by atoms with van der Waals surface area (Å²) >= 11 is 0. The van der Waals surface area contributed by atoms with Crippen LogP contribution >= 0.6 is 0 Å². The predicted molar refractivity (Wildman–Crippen MR) is 81.5 cm³/mol. The van der Waals surface area contributed by atoms with E-state index in [1.807, 2.05) is 24.5 Å². The Morgan fingerprint density at radius 3 is 2.16 bits per heavy atom. The van der Waals surface area contributed by atoms with E-state index in [-0.39, 0.29) is 6.04 Å². The van der Waals surface area contributed by atoms with Gasteiger partial charge in [0, 0.05) is 18.4 Å². The van der Waals surface area contributed by atoms with Gasteiger partial charge in [0.1, 0.15) is 0 Å². The molecule has 0 radical (unpaired) electrons. The van der Waals surface area contributed by atoms with Crippen LogP contribution in [0.3, 0.4) is 0 Å². The molecule has 0 aliphatic rings. The number of hydrogen-bond donors (Lipinski definition) is 2. The zero-order valence-electron chi connectivity index (χ0n) is 12.3. The Bertz CT molecular complexity index is 300. The number of aromatic nitrogens is 1. The van der Waals surface area contributed by atoms with Crippen LogP contribution in [0.25, 0.3) is 0 Å². The number of nitrogens with one attached hydrogen (secondary N) is 1. The van der Waals surface area contributed by atoms with E-state index < -0.39 is 0 Å². The summed E-state index contributed by atoms with van der Waals surface area (Å²) in [6.45, 7) is 2.26. The summed E-state index contributed by atoms with van der Waals surface area (Å²) in [7, 11) is 0. The van der Waals surface area contributed by atoms with E-state index in [1.54, 1.807) is 0 Å². The minimum Gasteiger partial charge on any atom is -0.271 e. The van der Waals surface area contributed by atoms with Gasteiger partial charge in [0.2, 0.25) is 0 Å². The van der Waals surface area contributed by atoms with Gasteiger partial charge in [-0.1, -0.05) is 58.3 Å². The maximum Gasteiger partial charge on any atom is 0.0461 e. The van der Waals surface area contributed by atoms with Gasteiger partial charge in [-0.3, -0.25) is 16.3 Å². The van der Waals surface area contributed by atoms with Gasteiger partial charge in [0.15, 0.2) is 0 Å². The normalized spacial score (nSPS) is 12.5. The third-order valence-electron chi connectivity index (χ3n) is 3.66. The summed E-state index contributed by atoms with van der Waals surface area (Å²) in [5.74, 6) is 5.63. The lowest BCUT2D eigenvalue weighted by molar-refractivity contribution is 0.474. The van der Waals surface area contributed by atoms with Crippen molar-refractivity contribution in [2.45, 2.75) is 70.8 Å². The van der Waals surface area contributed by atoms with Crippen molar-refractivity contribution >= 4 is 0 Å². The average Bonchev–Trinajstić information content (AvgIpc) is 2.47. The fourth-order valence-corrected chi connectivity index (χ4v) is 2.42. The number of nitrogens with two attached hydrogens (primary N) is 1. The number of hydrogen-bond acceptors (Lipinski definition) is 3. The first-order valence-corrected chi connectivity index (χ1v) is 7.74. The van der Waals surface area contributed by atoms with Crippen molar-refractivity contribution < 1.29 is 0 Å². The van der Waals surface area contributed by atoms with Crippen molar-refractivity contribution in [1.82, 2.24) is 10.4 Å². The number of nitrogens with zero attached hydrogens (tertiary/aromatic N) is 1. The van der Waals surface area contributed by atoms with Gasteiger partial charge in [0.25, 0.3) is 0 Å². The number of pyridine rings is 1. The fourth-order valence-electron chi connectivity index (χ4n) is 2.42. The Balaban J connectivity index is 2.07. The number of unbranched alkanes of at least 4 members (excludes halogenated alkanes) is 7. The molecule has 108 valence electrons. The topological polar surface area (TPSA) is 50.9 Å². The summed E-state index contributed by atoms with van der Waals surface area (Å²) in [5, 5.41) is 0. The molecule has 1 rings (SSSR count). The third kappa shape index (κ3) is 7.28. The van der Waals surface area contributed by atoms with E-state index in [2.05, 4.69) is 17.3 Å². The van der Waals surface area contributed by atoms with E-state index in [0.717, 1.165) is 6.42 Å². The van der Waals surface area contributed by atoms with Crippen molar-refractivity contribution in [3.05, 3.63) is 30.1 Å². The second-order valence-electron chi connectivity index (χ2n) is 5.26. The molecular formula is C16H29N3. The van der Waals surface area contributed by atoms with Crippen LogP contribution in [-0.4, -0.2) is 4.98 Å². The largest absolute Gasteiger partial charge is 0.271 e. The standard InChI is InChI=1S/C16H29N3/c1-2-3-4-5-6-7-8-9-10-16(19-17)15-11-13-18-14-12-15/h11-14,16,19H,2-10,17H2,1H3. The van der Waals surface area contributed by atoms with Crippen LogP contribution in [0.1, 0.15) is 76.3 Å². The van der Waals surface area contributed by atoms with Gasteiger partial charge in [-0.2, -0.15) is 0 Å². The first-order chi connectivity index (χ1) is 9.38. The molecule has 0 saturated heterocycles. The lowest BCUT2D eigenvalue weighted by atomic mass is 10.0. The summed E-state index contributed by atoms with van der Waals surface area (Å²) in [5.41, 5.74) is 4.15. The van der Waals surface area contributed by atoms with Gasteiger partial charge in [-0.15, -0.1) is 0 Å². The molecule has 1 aromatic heterocycles. The molecule has 0 amide bonds. The van der Waals surface area contributed by atoms with E-state index in [4.69, 9.17) is 5.84 Å². The SMILES string of the molecule is CCCCCCCCCCC(NN)c1ccncc1. The molecule has 1 heterocycles. The Morgan fingerprint density at radius 2 is 1.58 bits per heavy atom. The molecule has 1 atom stereocenters. The highest BCUT2D eigenvalue weighted by atomic mass is 15.2. The van der Waals surface area contributed by atoms with Crippen LogP contribution in [0.15, 0.2) is 24.5 Å². The fraction of sp³-hybridized carbons (Fsp3) is 0.688. The van der Waals surface area contributed by atoms with Gasteiger partial charge in [0.05, 0.1) is 0 Å². The Labute approximate surface area is 118 Å². The van der Waals surface area contributed by atoms with Crippen molar-refractivity contribution in [2.24, 2.45) is 5.84 Å². The molecule has 3 heteroatoms. The Hall–Kier alpha value is -0.930. The minimum absolute atomic E-state index is 0.267. The molecule has 0 saturated carbocycles. The molecule has 0 spiro atoms. The molecular weight excluding hydrogens is 234 g/mol. The second-order valence-corrected chi connectivity index (χ2v) is 5.26. The second kappa shape index (κ2) is 10.9. The summed E-state index contributed by atoms with van der Waals surface area (Å²) in [4.78, 5) is 4.04. The monoisotopic (exact) mass is 263 g/mol. The highest BCUT2D eigenvalue weighted by Crippen LogP contribution is 2.19. The number of hydrazine groups is 1. The maximum absolute atomic E-state index is 5.63. The van der Waals surface area contributed by atoms with E-state index in [0.29, 0.717) is 0 Å². The summed E-state index contributed by atoms with van der Waals surface area (Å²) in [6, 6.07) is 4.34. The molecule has 0 fully saturated rings. The molecule has 0 aliphatic heterocycles. The third-order valence-corrected chi connectivity index (χ3v) is 3.66. The molecule has 0 aromatic carbocycles. The van der Waals surface area contributed by atoms with Crippen LogP contribution in [-0.2, 0) is 0 Å². The molecule has 3 nitrogen and oxygen atoms in total. The summed E-state index contributed by atoms with van der Waals surface area (Å²) < 4.78 is 0. The quantitative estimate of drug-likeness (QED) is 0.359. The highest BCUT2D eigenvalue weighted by Gasteiger charge is 2.08. The molecule has 1 aromatic rings. The van der Waals surface area contributed by atoms with Crippen molar-refractivity contribution in [3.63, 3.8) is 0 Å². The first kappa shape index (κ1) is 16.1. The van der Waals surface area contributed by atoms with Crippen molar-refractivity contribution in [1.29, 1.82) is 0 Å². The highest BCUT2D eigenvalue weighted by molar-refractivity contribution is 5.14. The van der Waals surface area contributed by atoms with Crippen LogP contribution in [0.5, 0.6) is 0 Å². The molecule has 1 unspecified atom stereocenters. The van der Waals surface area contributed by atoms with Crippen LogP contribution < -0.4 is 11.3 Å². The zero-order chi connectivity index (χ0) is 13.8.